The topological polar surface area (TPSA) is 50.9 Å². The normalized spacial score (nSPS) is 18.2. The van der Waals surface area contributed by atoms with E-state index >= 15 is 0 Å². The van der Waals surface area contributed by atoms with Crippen LogP contribution >= 0.6 is 0 Å². The number of aromatic nitrogens is 3. The van der Waals surface area contributed by atoms with Crippen LogP contribution in [0.15, 0.2) is 170 Å². The van der Waals surface area contributed by atoms with Crippen LogP contribution in [0.25, 0.3) is 83.9 Å². The number of nitrogens with zero attached hydrogens (tertiary/aromatic N) is 3. The van der Waals surface area contributed by atoms with E-state index in [0.717, 1.165) is 16.7 Å². The smallest absolute Gasteiger partial charge is 0.148 e. The summed E-state index contributed by atoms with van der Waals surface area (Å²) in [5.74, 6) is -2.02. The van der Waals surface area contributed by atoms with Crippen LogP contribution in [-0.4, -0.2) is 19.6 Å². The molecular formula is C57H50N3OPt-. The number of phenolic OH excluding ortho intramolecular Hbond substituents is 1. The van der Waals surface area contributed by atoms with Crippen LogP contribution < -0.4 is 0 Å². The quantitative estimate of drug-likeness (QED) is 0.162. The number of fused-ring (bicyclic) bond motifs is 1. The average molecular weight is 1010 g/mol. The number of aromatic hydroxyl groups is 1. The maximum absolute atomic E-state index is 13.0. The number of benzene rings is 7. The van der Waals surface area contributed by atoms with Crippen LogP contribution in [0.3, 0.4) is 0 Å². The standard InChI is InChI=1S/C57H50N3O.Pt/c1-37-26-27-51(47(30-37)40-22-15-10-16-23-40)60-52-25-17-24-46(53(52)59-55(60)48-35-45(56(2,3)4)36-49(54(48)61)57(5,6)7)43-31-42(39-20-13-9-14-21-39)32-44(33-43)50-34-41(28-29-58-50)38-18-11-8-12-19-38;/h8-32,34-36,61H,1-7H3;/q-1;/i1D3,2D3,3D3,4D3,5D3,6D3,7D3;. The van der Waals surface area contributed by atoms with Gasteiger partial charge >= 0.3 is 0 Å². The minimum absolute atomic E-state index is 0. The summed E-state index contributed by atoms with van der Waals surface area (Å²) in [6, 6.07) is 48.0. The minimum Gasteiger partial charge on any atom is -0.507 e. The molecule has 0 aliphatic rings. The van der Waals surface area contributed by atoms with Crippen molar-refractivity contribution in [1.82, 2.24) is 14.5 Å². The van der Waals surface area contributed by atoms with Crippen molar-refractivity contribution in [2.45, 2.75) is 58.8 Å². The Morgan fingerprint density at radius 2 is 1.23 bits per heavy atom. The molecule has 0 spiro atoms. The van der Waals surface area contributed by atoms with Crippen LogP contribution in [0.5, 0.6) is 5.75 Å². The van der Waals surface area contributed by atoms with E-state index in [-0.39, 0.29) is 55.0 Å². The van der Waals surface area contributed by atoms with Gasteiger partial charge in [-0.15, -0.1) is 23.8 Å². The number of rotatable bonds is 7. The average Bonchev–Trinajstić information content (AvgIpc) is 1.14. The van der Waals surface area contributed by atoms with Crippen molar-refractivity contribution >= 4 is 11.0 Å². The van der Waals surface area contributed by atoms with E-state index in [1.807, 2.05) is 84.9 Å². The second-order valence-electron chi connectivity index (χ2n) is 14.8. The first-order valence-corrected chi connectivity index (χ1v) is 19.3. The summed E-state index contributed by atoms with van der Waals surface area (Å²) in [7, 11) is 0. The Labute approximate surface area is 409 Å². The Hall–Kier alpha value is -6.35. The Balaban J connectivity index is 0.00000900. The number of phenols is 1. The molecular weight excluding hydrogens is 938 g/mol. The SMILES string of the molecule is [2H]C([2H])([2H])c1ccc(-n2c(-c3cc(C(C([2H])([2H])[2H])(C([2H])([2H])[2H])C([2H])([2H])[2H])cc(C(C([2H])([2H])[2H])(C([2H])([2H])[2H])C([2H])([2H])[2H])c3O)nc3c(-c4[c-]c(-c5cc(-c6ccccc6)ccn5)cc(-c5ccccc5)c4)cccc32)c(-c2ccccc2)c1.[Pt]. The van der Waals surface area contributed by atoms with Crippen LogP contribution in [-0.2, 0) is 31.9 Å². The summed E-state index contributed by atoms with van der Waals surface area (Å²) < 4.78 is 184. The summed E-state index contributed by atoms with van der Waals surface area (Å²) in [6.45, 7) is -27.6. The van der Waals surface area contributed by atoms with Gasteiger partial charge in [-0.3, -0.25) is 9.55 Å². The van der Waals surface area contributed by atoms with Crippen molar-refractivity contribution < 1.29 is 55.0 Å². The van der Waals surface area contributed by atoms with Gasteiger partial charge in [0.25, 0.3) is 0 Å². The molecule has 0 bridgehead atoms. The first-order chi connectivity index (χ1) is 38.0. The zero-order chi connectivity index (χ0) is 60.0. The largest absolute Gasteiger partial charge is 0.507 e. The van der Waals surface area contributed by atoms with Crippen molar-refractivity contribution in [3.8, 4) is 78.6 Å². The van der Waals surface area contributed by atoms with Crippen LogP contribution in [0.1, 0.15) is 86.6 Å². The van der Waals surface area contributed by atoms with E-state index in [4.69, 9.17) is 38.8 Å². The summed E-state index contributed by atoms with van der Waals surface area (Å²) in [5.41, 5.74) is -6.48. The Kier molecular flexibility index (Phi) is 6.45. The molecule has 9 rings (SSSR count). The van der Waals surface area contributed by atoms with Crippen molar-refractivity contribution in [1.29, 1.82) is 0 Å². The number of imidazole rings is 1. The van der Waals surface area contributed by atoms with E-state index in [1.54, 1.807) is 54.7 Å². The zero-order valence-corrected chi connectivity index (χ0v) is 35.0. The van der Waals surface area contributed by atoms with Crippen LogP contribution in [0, 0.1) is 12.9 Å². The molecule has 310 valence electrons. The molecule has 0 radical (unpaired) electrons. The van der Waals surface area contributed by atoms with Gasteiger partial charge < -0.3 is 5.11 Å². The van der Waals surface area contributed by atoms with Crippen molar-refractivity contribution in [3.63, 3.8) is 0 Å². The third-order valence-corrected chi connectivity index (χ3v) is 10.6. The van der Waals surface area contributed by atoms with Gasteiger partial charge in [0.1, 0.15) is 11.6 Å². The van der Waals surface area contributed by atoms with Crippen LogP contribution in [0.4, 0.5) is 0 Å². The van der Waals surface area contributed by atoms with E-state index in [2.05, 4.69) is 6.07 Å². The third kappa shape index (κ3) is 8.20. The van der Waals surface area contributed by atoms with Gasteiger partial charge in [-0.1, -0.05) is 185 Å². The maximum Gasteiger partial charge on any atom is 0.148 e. The molecule has 0 aliphatic heterocycles. The van der Waals surface area contributed by atoms with E-state index in [1.165, 1.54) is 22.8 Å². The Bertz CT molecular complexity index is 3770. The van der Waals surface area contributed by atoms with Crippen molar-refractivity contribution in [3.05, 3.63) is 193 Å². The third-order valence-electron chi connectivity index (χ3n) is 10.6. The zero-order valence-electron chi connectivity index (χ0n) is 53.8. The Morgan fingerprint density at radius 3 is 1.90 bits per heavy atom. The summed E-state index contributed by atoms with van der Waals surface area (Å²) in [5, 5.41) is 13.0. The molecule has 7 aromatic carbocycles. The molecule has 0 unspecified atom stereocenters. The fourth-order valence-electron chi connectivity index (χ4n) is 7.67. The molecule has 0 aliphatic carbocycles. The van der Waals surface area contributed by atoms with Crippen LogP contribution in [0.2, 0.25) is 0 Å². The molecule has 0 saturated heterocycles. The molecule has 0 saturated carbocycles. The molecule has 0 atom stereocenters. The molecule has 9 aromatic rings. The molecule has 4 nitrogen and oxygen atoms in total. The van der Waals surface area contributed by atoms with Gasteiger partial charge in [-0.2, -0.15) is 0 Å². The van der Waals surface area contributed by atoms with Gasteiger partial charge in [-0.05, 0) is 75.8 Å². The molecule has 0 amide bonds. The van der Waals surface area contributed by atoms with Gasteiger partial charge in [0.05, 0.1) is 22.3 Å². The number of aryl methyl sites for hydroxylation is 1. The van der Waals surface area contributed by atoms with Gasteiger partial charge in [0.15, 0.2) is 0 Å². The molecule has 5 heteroatoms. The van der Waals surface area contributed by atoms with E-state index < -0.39 is 87.1 Å². The van der Waals surface area contributed by atoms with Crippen molar-refractivity contribution in [2.24, 2.45) is 0 Å². The second kappa shape index (κ2) is 16.8. The molecule has 0 fully saturated rings. The maximum atomic E-state index is 13.0. The summed E-state index contributed by atoms with van der Waals surface area (Å²) in [6.07, 6.45) is 1.66. The first-order valence-electron chi connectivity index (χ1n) is 29.8. The van der Waals surface area contributed by atoms with Crippen molar-refractivity contribution in [2.75, 3.05) is 0 Å². The first kappa shape index (κ1) is 23.8. The van der Waals surface area contributed by atoms with Gasteiger partial charge in [0, 0.05) is 72.9 Å². The fourth-order valence-corrected chi connectivity index (χ4v) is 7.67. The number of hydrogen-bond acceptors (Lipinski definition) is 3. The predicted molar refractivity (Wildman–Crippen MR) is 254 cm³/mol. The van der Waals surface area contributed by atoms with E-state index in [9.17, 15) is 5.11 Å². The molecule has 1 N–H and O–H groups in total. The second-order valence-corrected chi connectivity index (χ2v) is 14.8. The Morgan fingerprint density at radius 1 is 0.565 bits per heavy atom. The summed E-state index contributed by atoms with van der Waals surface area (Å²) >= 11 is 0. The monoisotopic (exact) mass is 1010 g/mol. The fraction of sp³-hybridized carbons (Fsp3) is 0.158. The molecule has 2 aromatic heterocycles. The number of hydrogen-bond donors (Lipinski definition) is 1. The molecule has 62 heavy (non-hydrogen) atoms. The minimum atomic E-state index is -4.21. The number of pyridine rings is 1. The number of para-hydroxylation sites is 1. The van der Waals surface area contributed by atoms with E-state index in [0.29, 0.717) is 39.6 Å². The molecule has 2 heterocycles. The summed E-state index contributed by atoms with van der Waals surface area (Å²) in [4.78, 5) is 9.83. The van der Waals surface area contributed by atoms with Gasteiger partial charge in [0.2, 0.25) is 0 Å². The predicted octanol–water partition coefficient (Wildman–Crippen LogP) is 14.8. The van der Waals surface area contributed by atoms with Gasteiger partial charge in [-0.25, -0.2) is 4.98 Å².